The minimum absolute atomic E-state index is 0.0959. The van der Waals surface area contributed by atoms with Crippen molar-refractivity contribution in [3.05, 3.63) is 59.7 Å². The van der Waals surface area contributed by atoms with Crippen molar-refractivity contribution in [2.75, 3.05) is 0 Å². The summed E-state index contributed by atoms with van der Waals surface area (Å²) in [5.74, 6) is -0.712. The Kier molecular flexibility index (Phi) is 2.63. The van der Waals surface area contributed by atoms with Gasteiger partial charge in [0.1, 0.15) is 11.6 Å². The highest BCUT2D eigenvalue weighted by Crippen LogP contribution is 2.31. The van der Waals surface area contributed by atoms with Gasteiger partial charge in [-0.25, -0.2) is 8.78 Å². The molecule has 3 rings (SSSR count). The summed E-state index contributed by atoms with van der Waals surface area (Å²) in [7, 11) is 0. The van der Waals surface area contributed by atoms with Crippen LogP contribution < -0.4 is 0 Å². The number of fused-ring (bicyclic) bond motifs is 1. The van der Waals surface area contributed by atoms with Crippen molar-refractivity contribution in [3.8, 4) is 11.3 Å². The van der Waals surface area contributed by atoms with Gasteiger partial charge in [-0.15, -0.1) is 0 Å². The van der Waals surface area contributed by atoms with Gasteiger partial charge in [-0.3, -0.25) is 4.79 Å². The molecule has 0 aliphatic carbocycles. The van der Waals surface area contributed by atoms with E-state index in [1.54, 1.807) is 18.2 Å². The number of halogens is 2. The van der Waals surface area contributed by atoms with Crippen molar-refractivity contribution < 1.29 is 18.0 Å². The lowest BCUT2D eigenvalue weighted by Gasteiger charge is -2.00. The molecule has 0 aliphatic heterocycles. The zero-order chi connectivity index (χ0) is 13.4. The van der Waals surface area contributed by atoms with E-state index in [9.17, 15) is 13.6 Å². The number of hydrogen-bond acceptors (Lipinski definition) is 2. The van der Waals surface area contributed by atoms with Gasteiger partial charge >= 0.3 is 0 Å². The number of rotatable bonds is 2. The largest absolute Gasteiger partial charge is 0.453 e. The summed E-state index contributed by atoms with van der Waals surface area (Å²) in [4.78, 5) is 11.0. The van der Waals surface area contributed by atoms with Crippen molar-refractivity contribution in [2.24, 2.45) is 0 Å². The Hall–Kier alpha value is -2.49. The van der Waals surface area contributed by atoms with Crippen LogP contribution in [0.1, 0.15) is 10.4 Å². The Bertz CT molecular complexity index is 775. The molecule has 19 heavy (non-hydrogen) atoms. The van der Waals surface area contributed by atoms with E-state index in [-0.39, 0.29) is 11.3 Å². The van der Waals surface area contributed by atoms with Crippen LogP contribution in [0.2, 0.25) is 0 Å². The number of hydrogen-bond donors (Lipinski definition) is 0. The Morgan fingerprint density at radius 1 is 1.05 bits per heavy atom. The van der Waals surface area contributed by atoms with Gasteiger partial charge < -0.3 is 4.42 Å². The van der Waals surface area contributed by atoms with E-state index in [2.05, 4.69) is 0 Å². The number of furan rings is 1. The third-order valence-electron chi connectivity index (χ3n) is 2.90. The standard InChI is InChI=1S/C15H8F2O2/c16-11-5-4-10(8-18)12(7-11)14-6-9-2-1-3-13(17)15(9)19-14/h1-8H. The first kappa shape index (κ1) is 11.6. The van der Waals surface area contributed by atoms with Gasteiger partial charge in [0.25, 0.3) is 0 Å². The van der Waals surface area contributed by atoms with E-state index in [4.69, 9.17) is 4.42 Å². The second kappa shape index (κ2) is 4.31. The summed E-state index contributed by atoms with van der Waals surface area (Å²) in [5.41, 5.74) is 0.699. The van der Waals surface area contributed by atoms with Crippen molar-refractivity contribution >= 4 is 17.3 Å². The molecule has 4 heteroatoms. The summed E-state index contributed by atoms with van der Waals surface area (Å²) in [6.07, 6.45) is 0.609. The third-order valence-corrected chi connectivity index (χ3v) is 2.90. The molecule has 3 aromatic rings. The summed E-state index contributed by atoms with van der Waals surface area (Å²) in [6.45, 7) is 0. The zero-order valence-electron chi connectivity index (χ0n) is 9.69. The molecular formula is C15H8F2O2. The van der Waals surface area contributed by atoms with Crippen molar-refractivity contribution in [1.29, 1.82) is 0 Å². The Morgan fingerprint density at radius 3 is 2.63 bits per heavy atom. The summed E-state index contributed by atoms with van der Waals surface area (Å²) >= 11 is 0. The predicted molar refractivity (Wildman–Crippen MR) is 67.0 cm³/mol. The number of carbonyl (C=O) groups excluding carboxylic acids is 1. The minimum atomic E-state index is -0.493. The highest BCUT2D eigenvalue weighted by molar-refractivity contribution is 5.90. The van der Waals surface area contributed by atoms with Crippen LogP contribution in [0.4, 0.5) is 8.78 Å². The normalized spacial score (nSPS) is 10.8. The second-order valence-electron chi connectivity index (χ2n) is 4.12. The molecule has 0 saturated heterocycles. The first-order chi connectivity index (χ1) is 9.19. The van der Waals surface area contributed by atoms with Crippen LogP contribution in [0.3, 0.4) is 0 Å². The van der Waals surface area contributed by atoms with Gasteiger partial charge in [-0.05, 0) is 30.3 Å². The molecule has 2 nitrogen and oxygen atoms in total. The number of benzene rings is 2. The lowest BCUT2D eigenvalue weighted by molar-refractivity contribution is 0.112. The average molecular weight is 258 g/mol. The molecule has 0 bridgehead atoms. The molecule has 0 N–H and O–H groups in total. The number of para-hydroxylation sites is 1. The fourth-order valence-electron chi connectivity index (χ4n) is 2.00. The van der Waals surface area contributed by atoms with E-state index in [1.165, 1.54) is 24.3 Å². The summed E-state index contributed by atoms with van der Waals surface area (Å²) < 4.78 is 32.2. The maximum Gasteiger partial charge on any atom is 0.170 e. The Morgan fingerprint density at radius 2 is 1.89 bits per heavy atom. The van der Waals surface area contributed by atoms with Crippen LogP contribution in [0.5, 0.6) is 0 Å². The van der Waals surface area contributed by atoms with E-state index in [0.29, 0.717) is 22.8 Å². The third kappa shape index (κ3) is 1.91. The Labute approximate surface area is 107 Å². The molecule has 0 atom stereocenters. The maximum absolute atomic E-state index is 13.5. The SMILES string of the molecule is O=Cc1ccc(F)cc1-c1cc2cccc(F)c2o1. The molecule has 0 amide bonds. The zero-order valence-corrected chi connectivity index (χ0v) is 9.69. The summed E-state index contributed by atoms with van der Waals surface area (Å²) in [6, 6.07) is 9.85. The molecule has 94 valence electrons. The van der Waals surface area contributed by atoms with Gasteiger partial charge in [0.15, 0.2) is 17.7 Å². The maximum atomic E-state index is 13.5. The molecule has 0 spiro atoms. The van der Waals surface area contributed by atoms with Gasteiger partial charge in [-0.1, -0.05) is 12.1 Å². The topological polar surface area (TPSA) is 30.2 Å². The minimum Gasteiger partial charge on any atom is -0.453 e. The van der Waals surface area contributed by atoms with Crippen molar-refractivity contribution in [2.45, 2.75) is 0 Å². The van der Waals surface area contributed by atoms with Gasteiger partial charge in [0, 0.05) is 16.5 Å². The van der Waals surface area contributed by atoms with Crippen LogP contribution in [-0.2, 0) is 0 Å². The molecule has 0 aliphatic rings. The fourth-order valence-corrected chi connectivity index (χ4v) is 2.00. The molecule has 0 unspecified atom stereocenters. The van der Waals surface area contributed by atoms with E-state index >= 15 is 0 Å². The second-order valence-corrected chi connectivity index (χ2v) is 4.12. The predicted octanol–water partition coefficient (Wildman–Crippen LogP) is 4.19. The van der Waals surface area contributed by atoms with E-state index in [0.717, 1.165) is 0 Å². The smallest absolute Gasteiger partial charge is 0.170 e. The Balaban J connectivity index is 2.27. The quantitative estimate of drug-likeness (QED) is 0.645. The summed E-state index contributed by atoms with van der Waals surface area (Å²) in [5, 5.41) is 0.566. The van der Waals surface area contributed by atoms with Crippen molar-refractivity contribution in [1.82, 2.24) is 0 Å². The van der Waals surface area contributed by atoms with Gasteiger partial charge in [0.2, 0.25) is 0 Å². The molecular weight excluding hydrogens is 250 g/mol. The first-order valence-corrected chi connectivity index (χ1v) is 5.62. The molecule has 0 fully saturated rings. The highest BCUT2D eigenvalue weighted by atomic mass is 19.1. The van der Waals surface area contributed by atoms with Crippen LogP contribution in [0.25, 0.3) is 22.3 Å². The molecule has 1 aromatic heterocycles. The fraction of sp³-hybridized carbons (Fsp3) is 0. The molecule has 0 radical (unpaired) electrons. The van der Waals surface area contributed by atoms with Crippen molar-refractivity contribution in [3.63, 3.8) is 0 Å². The van der Waals surface area contributed by atoms with Gasteiger partial charge in [0.05, 0.1) is 0 Å². The van der Waals surface area contributed by atoms with Crippen LogP contribution in [-0.4, -0.2) is 6.29 Å². The average Bonchev–Trinajstić information content (AvgIpc) is 2.84. The van der Waals surface area contributed by atoms with Crippen LogP contribution >= 0.6 is 0 Å². The molecule has 0 saturated carbocycles. The number of carbonyl (C=O) groups is 1. The lowest BCUT2D eigenvalue weighted by Crippen LogP contribution is -1.87. The lowest BCUT2D eigenvalue weighted by atomic mass is 10.1. The van der Waals surface area contributed by atoms with Crippen LogP contribution in [0, 0.1) is 11.6 Å². The monoisotopic (exact) mass is 258 g/mol. The van der Waals surface area contributed by atoms with E-state index < -0.39 is 11.6 Å². The van der Waals surface area contributed by atoms with Gasteiger partial charge in [-0.2, -0.15) is 0 Å². The van der Waals surface area contributed by atoms with E-state index in [1.807, 2.05) is 0 Å². The first-order valence-electron chi connectivity index (χ1n) is 5.62. The van der Waals surface area contributed by atoms with Crippen LogP contribution in [0.15, 0.2) is 46.9 Å². The molecule has 2 aromatic carbocycles. The highest BCUT2D eigenvalue weighted by Gasteiger charge is 2.13. The number of aldehydes is 1. The molecule has 1 heterocycles.